The van der Waals surface area contributed by atoms with Gasteiger partial charge in [0.15, 0.2) is 0 Å². The Morgan fingerprint density at radius 3 is 2.78 bits per heavy atom. The van der Waals surface area contributed by atoms with E-state index in [1.54, 1.807) is 0 Å². The second-order valence-corrected chi connectivity index (χ2v) is 5.49. The summed E-state index contributed by atoms with van der Waals surface area (Å²) in [6.45, 7) is 2.74. The summed E-state index contributed by atoms with van der Waals surface area (Å²) >= 11 is 0. The summed E-state index contributed by atoms with van der Waals surface area (Å²) in [5.41, 5.74) is 1.21. The largest absolute Gasteiger partial charge is 0.378 e. The minimum absolute atomic E-state index is 0.379. The summed E-state index contributed by atoms with van der Waals surface area (Å²) in [5.74, 6) is 0. The number of morpholine rings is 1. The standard InChI is InChI=1S/C14H23N3O/c1-2-4-6-12(5-3-1)17-9-10-18-11-14(17)13-7-8-15-16-13/h7-8,12,14H,1-6,9-11H2,(H,15,16). The van der Waals surface area contributed by atoms with Crippen LogP contribution in [0.25, 0.3) is 0 Å². The van der Waals surface area contributed by atoms with Crippen LogP contribution in [-0.2, 0) is 4.74 Å². The third kappa shape index (κ3) is 2.59. The van der Waals surface area contributed by atoms with Crippen LogP contribution >= 0.6 is 0 Å². The molecule has 1 aliphatic carbocycles. The molecule has 1 saturated heterocycles. The maximum absolute atomic E-state index is 5.67. The van der Waals surface area contributed by atoms with Gasteiger partial charge in [0.1, 0.15) is 0 Å². The van der Waals surface area contributed by atoms with E-state index in [1.807, 2.05) is 6.20 Å². The summed E-state index contributed by atoms with van der Waals surface area (Å²) in [6, 6.07) is 3.21. The first-order valence-corrected chi connectivity index (χ1v) is 7.28. The van der Waals surface area contributed by atoms with E-state index in [9.17, 15) is 0 Å². The maximum atomic E-state index is 5.67. The van der Waals surface area contributed by atoms with E-state index in [4.69, 9.17) is 4.74 Å². The molecule has 3 rings (SSSR count). The monoisotopic (exact) mass is 249 g/mol. The van der Waals surface area contributed by atoms with Crippen molar-refractivity contribution in [1.29, 1.82) is 0 Å². The molecule has 100 valence electrons. The summed E-state index contributed by atoms with van der Waals surface area (Å²) in [6.07, 6.45) is 10.1. The molecule has 1 unspecified atom stereocenters. The van der Waals surface area contributed by atoms with Crippen LogP contribution in [0.2, 0.25) is 0 Å². The van der Waals surface area contributed by atoms with Crippen molar-refractivity contribution in [3.63, 3.8) is 0 Å². The van der Waals surface area contributed by atoms with Crippen LogP contribution in [0.1, 0.15) is 50.3 Å². The van der Waals surface area contributed by atoms with Crippen LogP contribution in [0.3, 0.4) is 0 Å². The van der Waals surface area contributed by atoms with E-state index in [1.165, 1.54) is 44.2 Å². The molecule has 4 nitrogen and oxygen atoms in total. The number of nitrogens with one attached hydrogen (secondary N) is 1. The molecule has 1 aliphatic heterocycles. The molecule has 1 aromatic heterocycles. The van der Waals surface area contributed by atoms with Gasteiger partial charge in [-0.15, -0.1) is 0 Å². The van der Waals surface area contributed by atoms with Crippen LogP contribution < -0.4 is 0 Å². The van der Waals surface area contributed by atoms with Crippen molar-refractivity contribution in [1.82, 2.24) is 15.1 Å². The Balaban J connectivity index is 1.74. The topological polar surface area (TPSA) is 41.1 Å². The van der Waals surface area contributed by atoms with E-state index < -0.39 is 0 Å². The Hall–Kier alpha value is -0.870. The van der Waals surface area contributed by atoms with E-state index in [-0.39, 0.29) is 0 Å². The zero-order valence-electron chi connectivity index (χ0n) is 11.0. The van der Waals surface area contributed by atoms with Crippen LogP contribution in [0, 0.1) is 0 Å². The zero-order chi connectivity index (χ0) is 12.2. The summed E-state index contributed by atoms with van der Waals surface area (Å²) in [7, 11) is 0. The van der Waals surface area contributed by atoms with E-state index in [2.05, 4.69) is 21.2 Å². The number of hydrogen-bond donors (Lipinski definition) is 1. The number of rotatable bonds is 2. The molecule has 4 heteroatoms. The second-order valence-electron chi connectivity index (χ2n) is 5.49. The van der Waals surface area contributed by atoms with Gasteiger partial charge in [-0.2, -0.15) is 5.10 Å². The molecule has 2 fully saturated rings. The lowest BCUT2D eigenvalue weighted by molar-refractivity contribution is -0.0346. The predicted octanol–water partition coefficient (Wildman–Crippen LogP) is 2.51. The first-order chi connectivity index (χ1) is 8.95. The van der Waals surface area contributed by atoms with E-state index in [0.29, 0.717) is 6.04 Å². The molecule has 1 aromatic rings. The fourth-order valence-electron chi connectivity index (χ4n) is 3.36. The van der Waals surface area contributed by atoms with Crippen molar-refractivity contribution in [2.75, 3.05) is 19.8 Å². The van der Waals surface area contributed by atoms with Crippen LogP contribution in [0.5, 0.6) is 0 Å². The Morgan fingerprint density at radius 2 is 2.06 bits per heavy atom. The number of ether oxygens (including phenoxy) is 1. The minimum Gasteiger partial charge on any atom is -0.378 e. The van der Waals surface area contributed by atoms with Gasteiger partial charge in [0.2, 0.25) is 0 Å². The highest BCUT2D eigenvalue weighted by Gasteiger charge is 2.31. The molecular formula is C14H23N3O. The lowest BCUT2D eigenvalue weighted by Gasteiger charge is -2.40. The maximum Gasteiger partial charge on any atom is 0.0755 e. The predicted molar refractivity (Wildman–Crippen MR) is 70.3 cm³/mol. The highest BCUT2D eigenvalue weighted by molar-refractivity contribution is 5.07. The van der Waals surface area contributed by atoms with Gasteiger partial charge in [0.05, 0.1) is 24.9 Å². The highest BCUT2D eigenvalue weighted by atomic mass is 16.5. The fraction of sp³-hybridized carbons (Fsp3) is 0.786. The lowest BCUT2D eigenvalue weighted by atomic mass is 10.0. The van der Waals surface area contributed by atoms with Gasteiger partial charge in [-0.05, 0) is 18.9 Å². The second kappa shape index (κ2) is 5.85. The van der Waals surface area contributed by atoms with Gasteiger partial charge in [-0.1, -0.05) is 25.7 Å². The Bertz CT molecular complexity index is 344. The SMILES string of the molecule is c1cc(C2COCCN2C2CCCCCC2)[nH]n1. The van der Waals surface area contributed by atoms with Gasteiger partial charge < -0.3 is 4.74 Å². The lowest BCUT2D eigenvalue weighted by Crippen LogP contribution is -2.45. The number of H-pyrrole nitrogens is 1. The Kier molecular flexibility index (Phi) is 3.96. The summed E-state index contributed by atoms with van der Waals surface area (Å²) in [4.78, 5) is 2.66. The number of aromatic amines is 1. The van der Waals surface area contributed by atoms with Crippen molar-refractivity contribution in [2.24, 2.45) is 0 Å². The zero-order valence-corrected chi connectivity index (χ0v) is 11.0. The quantitative estimate of drug-likeness (QED) is 0.819. The molecule has 0 aromatic carbocycles. The molecule has 18 heavy (non-hydrogen) atoms. The van der Waals surface area contributed by atoms with E-state index >= 15 is 0 Å². The van der Waals surface area contributed by atoms with Gasteiger partial charge in [-0.3, -0.25) is 10.00 Å². The number of aromatic nitrogens is 2. The van der Waals surface area contributed by atoms with Crippen molar-refractivity contribution < 1.29 is 4.74 Å². The Labute approximate surface area is 109 Å². The first kappa shape index (κ1) is 12.2. The summed E-state index contributed by atoms with van der Waals surface area (Å²) < 4.78 is 5.67. The average Bonchev–Trinajstić information content (AvgIpc) is 2.81. The molecule has 1 saturated carbocycles. The van der Waals surface area contributed by atoms with Crippen LogP contribution in [0.4, 0.5) is 0 Å². The highest BCUT2D eigenvalue weighted by Crippen LogP contribution is 2.30. The molecule has 2 aliphatic rings. The third-order valence-electron chi connectivity index (χ3n) is 4.34. The van der Waals surface area contributed by atoms with Gasteiger partial charge >= 0.3 is 0 Å². The normalized spacial score (nSPS) is 28.1. The molecule has 1 N–H and O–H groups in total. The minimum atomic E-state index is 0.379. The smallest absolute Gasteiger partial charge is 0.0755 e. The molecule has 0 radical (unpaired) electrons. The van der Waals surface area contributed by atoms with E-state index in [0.717, 1.165) is 25.8 Å². The fourth-order valence-corrected chi connectivity index (χ4v) is 3.36. The Morgan fingerprint density at radius 1 is 1.22 bits per heavy atom. The molecule has 0 bridgehead atoms. The first-order valence-electron chi connectivity index (χ1n) is 7.28. The van der Waals surface area contributed by atoms with Gasteiger partial charge in [0.25, 0.3) is 0 Å². The van der Waals surface area contributed by atoms with Crippen molar-refractivity contribution in [3.8, 4) is 0 Å². The van der Waals surface area contributed by atoms with Crippen LogP contribution in [0.15, 0.2) is 12.3 Å². The molecule has 0 spiro atoms. The number of nitrogens with zero attached hydrogens (tertiary/aromatic N) is 2. The molecule has 1 atom stereocenters. The van der Waals surface area contributed by atoms with Gasteiger partial charge in [-0.25, -0.2) is 0 Å². The third-order valence-corrected chi connectivity index (χ3v) is 4.34. The summed E-state index contributed by atoms with van der Waals surface area (Å²) in [5, 5.41) is 7.21. The van der Waals surface area contributed by atoms with Gasteiger partial charge in [0, 0.05) is 18.8 Å². The molecular weight excluding hydrogens is 226 g/mol. The van der Waals surface area contributed by atoms with Crippen molar-refractivity contribution >= 4 is 0 Å². The average molecular weight is 249 g/mol. The van der Waals surface area contributed by atoms with Crippen molar-refractivity contribution in [2.45, 2.75) is 50.6 Å². The van der Waals surface area contributed by atoms with Crippen molar-refractivity contribution in [3.05, 3.63) is 18.0 Å². The number of hydrogen-bond acceptors (Lipinski definition) is 3. The molecule has 0 amide bonds. The molecule has 2 heterocycles. The van der Waals surface area contributed by atoms with Crippen LogP contribution in [-0.4, -0.2) is 40.9 Å².